The zero-order valence-corrected chi connectivity index (χ0v) is 24.0. The average Bonchev–Trinajstić information content (AvgIpc) is 3.56. The van der Waals surface area contributed by atoms with E-state index in [9.17, 15) is 9.59 Å². The van der Waals surface area contributed by atoms with Gasteiger partial charge in [-0.25, -0.2) is 4.68 Å². The van der Waals surface area contributed by atoms with E-state index < -0.39 is 0 Å². The fourth-order valence-corrected chi connectivity index (χ4v) is 5.27. The van der Waals surface area contributed by atoms with Crippen LogP contribution in [0.5, 0.6) is 0 Å². The van der Waals surface area contributed by atoms with Crippen LogP contribution in [0.4, 0.5) is 5.69 Å². The van der Waals surface area contributed by atoms with Crippen LogP contribution in [0.25, 0.3) is 5.69 Å². The second-order valence-electron chi connectivity index (χ2n) is 11.0. The van der Waals surface area contributed by atoms with Crippen LogP contribution in [0.1, 0.15) is 76.1 Å². The molecule has 9 heteroatoms. The molecule has 1 aliphatic heterocycles. The monoisotopic (exact) mass is 539 g/mol. The molecule has 2 aromatic carbocycles. The van der Waals surface area contributed by atoms with E-state index in [4.69, 9.17) is 5.10 Å². The number of benzene rings is 2. The molecule has 0 bridgehead atoms. The third-order valence-electron chi connectivity index (χ3n) is 7.33. The molecule has 4 aromatic rings. The minimum absolute atomic E-state index is 0.0239. The summed E-state index contributed by atoms with van der Waals surface area (Å²) in [5.41, 5.74) is 7.16. The van der Waals surface area contributed by atoms with Gasteiger partial charge in [0.2, 0.25) is 0 Å². The number of amides is 2. The molecule has 3 heterocycles. The Labute approximate surface area is 235 Å². The highest BCUT2D eigenvalue weighted by molar-refractivity contribution is 5.95. The summed E-state index contributed by atoms with van der Waals surface area (Å²) in [4.78, 5) is 29.7. The first kappa shape index (κ1) is 27.2. The highest BCUT2D eigenvalue weighted by Gasteiger charge is 2.33. The smallest absolute Gasteiger partial charge is 0.272 e. The zero-order valence-electron chi connectivity index (χ0n) is 24.0. The van der Waals surface area contributed by atoms with Crippen molar-refractivity contribution < 1.29 is 9.59 Å². The lowest BCUT2D eigenvalue weighted by molar-refractivity contribution is 0.0827. The lowest BCUT2D eigenvalue weighted by Crippen LogP contribution is -2.34. The SMILES string of the molecule is Cc1ccn(-c2ccc(CNC(=O)c3nn(C(C)C)c4c3CN(c3ccc(C(=O)N(C)C)cc3)C[C@@H]4C)cc2)n1. The molecular weight excluding hydrogens is 502 g/mol. The van der Waals surface area contributed by atoms with Crippen molar-refractivity contribution in [3.63, 3.8) is 0 Å². The van der Waals surface area contributed by atoms with Crippen LogP contribution in [0, 0.1) is 6.92 Å². The van der Waals surface area contributed by atoms with Gasteiger partial charge in [0, 0.05) is 74.4 Å². The van der Waals surface area contributed by atoms with Gasteiger partial charge in [0.25, 0.3) is 11.8 Å². The first-order valence-electron chi connectivity index (χ1n) is 13.7. The van der Waals surface area contributed by atoms with E-state index in [0.717, 1.165) is 40.4 Å². The Bertz CT molecular complexity index is 1510. The fourth-order valence-electron chi connectivity index (χ4n) is 5.27. The Morgan fingerprint density at radius 1 is 1.00 bits per heavy atom. The number of hydrogen-bond acceptors (Lipinski definition) is 5. The third-order valence-corrected chi connectivity index (χ3v) is 7.33. The molecule has 0 fully saturated rings. The number of rotatable bonds is 7. The Hall–Kier alpha value is -4.40. The number of aromatic nitrogens is 4. The number of carbonyl (C=O) groups is 2. The van der Waals surface area contributed by atoms with Gasteiger partial charge < -0.3 is 15.1 Å². The van der Waals surface area contributed by atoms with Gasteiger partial charge in [-0.15, -0.1) is 0 Å². The largest absolute Gasteiger partial charge is 0.366 e. The second-order valence-corrected chi connectivity index (χ2v) is 11.0. The predicted molar refractivity (Wildman–Crippen MR) is 156 cm³/mol. The summed E-state index contributed by atoms with van der Waals surface area (Å²) in [6.45, 7) is 10.1. The van der Waals surface area contributed by atoms with E-state index in [0.29, 0.717) is 24.3 Å². The standard InChI is InChI=1S/C31H37N7O2/c1-20(2)38-29-21(3)18-36(25-13-9-24(10-14-25)31(40)35(5)6)19-27(29)28(34-38)30(39)32-17-23-7-11-26(12-8-23)37-16-15-22(4)33-37/h7-16,20-21H,17-19H2,1-6H3,(H,32,39)/t21-/m0/s1. The number of carbonyl (C=O) groups excluding carboxylic acids is 2. The summed E-state index contributed by atoms with van der Waals surface area (Å²) in [6, 6.07) is 17.8. The van der Waals surface area contributed by atoms with Gasteiger partial charge in [-0.05, 0) is 68.8 Å². The van der Waals surface area contributed by atoms with Crippen molar-refractivity contribution >= 4 is 17.5 Å². The van der Waals surface area contributed by atoms with Gasteiger partial charge in [0.15, 0.2) is 5.69 Å². The van der Waals surface area contributed by atoms with E-state index in [-0.39, 0.29) is 23.8 Å². The minimum atomic E-state index is -0.177. The molecule has 0 unspecified atom stereocenters. The summed E-state index contributed by atoms with van der Waals surface area (Å²) in [5, 5.41) is 12.3. The van der Waals surface area contributed by atoms with Gasteiger partial charge >= 0.3 is 0 Å². The molecule has 1 aliphatic rings. The molecule has 9 nitrogen and oxygen atoms in total. The maximum Gasteiger partial charge on any atom is 0.272 e. The highest BCUT2D eigenvalue weighted by Crippen LogP contribution is 2.35. The summed E-state index contributed by atoms with van der Waals surface area (Å²) < 4.78 is 3.84. The van der Waals surface area contributed by atoms with Crippen molar-refractivity contribution in [2.24, 2.45) is 0 Å². The lowest BCUT2D eigenvalue weighted by Gasteiger charge is -2.34. The summed E-state index contributed by atoms with van der Waals surface area (Å²) >= 11 is 0. The quantitative estimate of drug-likeness (QED) is 0.367. The third kappa shape index (κ3) is 5.36. The molecule has 5 rings (SSSR count). The number of fused-ring (bicyclic) bond motifs is 1. The Morgan fingerprint density at radius 3 is 2.27 bits per heavy atom. The molecule has 40 heavy (non-hydrogen) atoms. The molecule has 0 saturated heterocycles. The van der Waals surface area contributed by atoms with Crippen molar-refractivity contribution in [3.8, 4) is 5.69 Å². The van der Waals surface area contributed by atoms with E-state index >= 15 is 0 Å². The van der Waals surface area contributed by atoms with Crippen molar-refractivity contribution in [1.82, 2.24) is 29.8 Å². The van der Waals surface area contributed by atoms with E-state index in [1.807, 2.05) is 77.1 Å². The minimum Gasteiger partial charge on any atom is -0.366 e. The highest BCUT2D eigenvalue weighted by atomic mass is 16.2. The van der Waals surface area contributed by atoms with E-state index in [1.165, 1.54) is 0 Å². The number of nitrogens with zero attached hydrogens (tertiary/aromatic N) is 6. The van der Waals surface area contributed by atoms with Crippen molar-refractivity contribution in [2.45, 2.75) is 52.7 Å². The molecule has 2 amide bonds. The van der Waals surface area contributed by atoms with Gasteiger partial charge in [0.05, 0.1) is 11.4 Å². The molecule has 208 valence electrons. The topological polar surface area (TPSA) is 88.3 Å². The van der Waals surface area contributed by atoms with Gasteiger partial charge in [0.1, 0.15) is 0 Å². The maximum atomic E-state index is 13.5. The summed E-state index contributed by atoms with van der Waals surface area (Å²) in [7, 11) is 3.50. The van der Waals surface area contributed by atoms with Gasteiger partial charge in [-0.3, -0.25) is 14.3 Å². The second kappa shape index (κ2) is 11.0. The average molecular weight is 540 g/mol. The maximum absolute atomic E-state index is 13.5. The molecule has 1 atom stereocenters. The van der Waals surface area contributed by atoms with Gasteiger partial charge in [-0.1, -0.05) is 19.1 Å². The number of aryl methyl sites for hydroxylation is 1. The van der Waals surface area contributed by atoms with Crippen LogP contribution in [-0.2, 0) is 13.1 Å². The molecule has 1 N–H and O–H groups in total. The Morgan fingerprint density at radius 2 is 1.68 bits per heavy atom. The normalized spacial score (nSPS) is 14.8. The Kier molecular flexibility index (Phi) is 7.47. The van der Waals surface area contributed by atoms with E-state index in [2.05, 4.69) is 36.1 Å². The lowest BCUT2D eigenvalue weighted by atomic mass is 9.95. The molecule has 0 saturated carbocycles. The summed E-state index contributed by atoms with van der Waals surface area (Å²) in [5.74, 6) is -0.0192. The van der Waals surface area contributed by atoms with Crippen molar-refractivity contribution in [3.05, 3.63) is 94.6 Å². The summed E-state index contributed by atoms with van der Waals surface area (Å²) in [6.07, 6.45) is 1.93. The van der Waals surface area contributed by atoms with Crippen LogP contribution in [0.3, 0.4) is 0 Å². The zero-order chi connectivity index (χ0) is 28.6. The molecule has 0 spiro atoms. The van der Waals surface area contributed by atoms with Crippen LogP contribution in [0.2, 0.25) is 0 Å². The fraction of sp³-hybridized carbons (Fsp3) is 0.355. The molecule has 2 aromatic heterocycles. The first-order valence-corrected chi connectivity index (χ1v) is 13.7. The number of anilines is 1. The molecule has 0 aliphatic carbocycles. The molecule has 0 radical (unpaired) electrons. The number of nitrogens with one attached hydrogen (secondary N) is 1. The van der Waals surface area contributed by atoms with Crippen molar-refractivity contribution in [1.29, 1.82) is 0 Å². The van der Waals surface area contributed by atoms with Crippen LogP contribution in [-0.4, -0.2) is 56.9 Å². The Balaban J connectivity index is 1.35. The van der Waals surface area contributed by atoms with Crippen LogP contribution in [0.15, 0.2) is 60.8 Å². The predicted octanol–water partition coefficient (Wildman–Crippen LogP) is 4.71. The van der Waals surface area contributed by atoms with Crippen LogP contribution < -0.4 is 10.2 Å². The van der Waals surface area contributed by atoms with Crippen LogP contribution >= 0.6 is 0 Å². The number of hydrogen-bond donors (Lipinski definition) is 1. The first-order chi connectivity index (χ1) is 19.1. The molecular formula is C31H37N7O2. The van der Waals surface area contributed by atoms with Gasteiger partial charge in [-0.2, -0.15) is 10.2 Å². The van der Waals surface area contributed by atoms with Crippen molar-refractivity contribution in [2.75, 3.05) is 25.5 Å². The van der Waals surface area contributed by atoms with E-state index in [1.54, 1.807) is 19.0 Å².